The summed E-state index contributed by atoms with van der Waals surface area (Å²) >= 11 is 0. The molecule has 0 saturated heterocycles. The van der Waals surface area contributed by atoms with E-state index in [-0.39, 0.29) is 12.4 Å². The second-order valence-electron chi connectivity index (χ2n) is 4.10. The van der Waals surface area contributed by atoms with Crippen LogP contribution in [0.1, 0.15) is 37.9 Å². The fourth-order valence-electron chi connectivity index (χ4n) is 1.44. The van der Waals surface area contributed by atoms with E-state index in [1.165, 1.54) is 0 Å². The summed E-state index contributed by atoms with van der Waals surface area (Å²) in [6.45, 7) is 3.68. The lowest BCUT2D eigenvalue weighted by molar-refractivity contribution is -0.139. The smallest absolute Gasteiger partial charge is 0.326 e. The number of urea groups is 1. The Morgan fingerprint density at radius 3 is 2.74 bits per heavy atom. The Hall–Kier alpha value is -2.12. The van der Waals surface area contributed by atoms with E-state index < -0.39 is 18.0 Å². The van der Waals surface area contributed by atoms with Crippen molar-refractivity contribution < 1.29 is 19.2 Å². The third kappa shape index (κ3) is 5.36. The first-order chi connectivity index (χ1) is 9.02. The quantitative estimate of drug-likeness (QED) is 0.675. The molecule has 2 amide bonds. The molecule has 1 aromatic rings. The predicted octanol–water partition coefficient (Wildman–Crippen LogP) is 0.821. The third-order valence-corrected chi connectivity index (χ3v) is 2.42. The van der Waals surface area contributed by atoms with Crippen molar-refractivity contribution in [3.05, 3.63) is 11.7 Å². The number of hydrogen-bond acceptors (Lipinski definition) is 5. The summed E-state index contributed by atoms with van der Waals surface area (Å²) in [5, 5.41) is 17.4. The maximum atomic E-state index is 11.5. The molecule has 0 aliphatic heterocycles. The molecule has 19 heavy (non-hydrogen) atoms. The van der Waals surface area contributed by atoms with Gasteiger partial charge in [0.1, 0.15) is 6.04 Å². The Kier molecular flexibility index (Phi) is 5.77. The van der Waals surface area contributed by atoms with E-state index in [0.29, 0.717) is 12.2 Å². The number of nitrogens with one attached hydrogen (secondary N) is 2. The molecule has 1 unspecified atom stereocenters. The lowest BCUT2D eigenvalue weighted by Gasteiger charge is -2.14. The second kappa shape index (κ2) is 7.34. The van der Waals surface area contributed by atoms with Crippen molar-refractivity contribution in [2.45, 2.75) is 45.7 Å². The van der Waals surface area contributed by atoms with Gasteiger partial charge in [0.25, 0.3) is 0 Å². The molecule has 106 valence electrons. The van der Waals surface area contributed by atoms with E-state index in [4.69, 9.17) is 9.63 Å². The van der Waals surface area contributed by atoms with Crippen LogP contribution in [0.15, 0.2) is 4.52 Å². The molecule has 0 radical (unpaired) electrons. The van der Waals surface area contributed by atoms with Gasteiger partial charge in [-0.15, -0.1) is 0 Å². The van der Waals surface area contributed by atoms with E-state index in [9.17, 15) is 9.59 Å². The number of nitrogens with zero attached hydrogens (tertiary/aromatic N) is 2. The molecule has 0 aromatic carbocycles. The molecular formula is C11H18N4O4. The Balaban J connectivity index is 2.37. The van der Waals surface area contributed by atoms with Crippen molar-refractivity contribution >= 4 is 12.0 Å². The molecule has 0 bridgehead atoms. The van der Waals surface area contributed by atoms with Crippen molar-refractivity contribution in [2.75, 3.05) is 0 Å². The molecule has 3 N–H and O–H groups in total. The van der Waals surface area contributed by atoms with E-state index in [1.54, 1.807) is 6.92 Å². The highest BCUT2D eigenvalue weighted by atomic mass is 16.5. The molecule has 8 nitrogen and oxygen atoms in total. The van der Waals surface area contributed by atoms with Crippen molar-refractivity contribution in [1.29, 1.82) is 0 Å². The van der Waals surface area contributed by atoms with Gasteiger partial charge in [-0.25, -0.2) is 9.59 Å². The molecular weight excluding hydrogens is 252 g/mol. The third-order valence-electron chi connectivity index (χ3n) is 2.42. The first kappa shape index (κ1) is 14.9. The molecule has 1 rings (SSSR count). The highest BCUT2D eigenvalue weighted by Gasteiger charge is 2.19. The van der Waals surface area contributed by atoms with Crippen molar-refractivity contribution in [1.82, 2.24) is 20.8 Å². The van der Waals surface area contributed by atoms with Gasteiger partial charge in [0.2, 0.25) is 5.89 Å². The normalized spacial score (nSPS) is 11.9. The number of aliphatic carboxylic acids is 1. The molecule has 0 spiro atoms. The van der Waals surface area contributed by atoms with Gasteiger partial charge in [-0.2, -0.15) is 4.98 Å². The minimum atomic E-state index is -1.04. The zero-order valence-corrected chi connectivity index (χ0v) is 11.0. The molecule has 1 heterocycles. The largest absolute Gasteiger partial charge is 0.480 e. The summed E-state index contributed by atoms with van der Waals surface area (Å²) < 4.78 is 4.81. The van der Waals surface area contributed by atoms with Crippen LogP contribution in [0.2, 0.25) is 0 Å². The number of aryl methyl sites for hydroxylation is 1. The van der Waals surface area contributed by atoms with Crippen LogP contribution in [0.5, 0.6) is 0 Å². The van der Waals surface area contributed by atoms with E-state index in [2.05, 4.69) is 20.8 Å². The number of carbonyl (C=O) groups is 2. The van der Waals surface area contributed by atoms with Crippen LogP contribution in [0.25, 0.3) is 0 Å². The zero-order chi connectivity index (χ0) is 14.3. The summed E-state index contributed by atoms with van der Waals surface area (Å²) in [6, 6.07) is -1.45. The Labute approximate surface area is 110 Å². The summed E-state index contributed by atoms with van der Waals surface area (Å²) in [7, 11) is 0. The average Bonchev–Trinajstić information content (AvgIpc) is 2.77. The summed E-state index contributed by atoms with van der Waals surface area (Å²) in [5.41, 5.74) is 0. The molecule has 0 aliphatic rings. The van der Waals surface area contributed by atoms with Crippen LogP contribution in [-0.4, -0.2) is 33.3 Å². The molecule has 1 atom stereocenters. The average molecular weight is 270 g/mol. The number of carboxylic acid groups (broad SMARTS) is 1. The number of carboxylic acids is 1. The van der Waals surface area contributed by atoms with Gasteiger partial charge in [-0.1, -0.05) is 24.9 Å². The van der Waals surface area contributed by atoms with E-state index in [0.717, 1.165) is 12.8 Å². The topological polar surface area (TPSA) is 117 Å². The molecule has 0 fully saturated rings. The summed E-state index contributed by atoms with van der Waals surface area (Å²) in [5.74, 6) is -0.297. The highest BCUT2D eigenvalue weighted by Crippen LogP contribution is 2.01. The monoisotopic (exact) mass is 270 g/mol. The van der Waals surface area contributed by atoms with Crippen molar-refractivity contribution in [3.8, 4) is 0 Å². The van der Waals surface area contributed by atoms with Gasteiger partial charge in [-0.05, 0) is 13.3 Å². The fourth-order valence-corrected chi connectivity index (χ4v) is 1.44. The number of unbranched alkanes of at least 4 members (excludes halogenated alkanes) is 1. The Morgan fingerprint density at radius 2 is 2.21 bits per heavy atom. The number of amides is 2. The number of carbonyl (C=O) groups excluding carboxylic acids is 1. The van der Waals surface area contributed by atoms with Gasteiger partial charge in [0, 0.05) is 0 Å². The van der Waals surface area contributed by atoms with Gasteiger partial charge in [0.05, 0.1) is 6.54 Å². The standard InChI is InChI=1S/C11H18N4O4/c1-3-4-5-8(10(16)17)14-11(18)12-6-9-13-7(2)15-19-9/h8H,3-6H2,1-2H3,(H,16,17)(H2,12,14,18). The van der Waals surface area contributed by atoms with Crippen LogP contribution in [0, 0.1) is 6.92 Å². The zero-order valence-electron chi connectivity index (χ0n) is 11.0. The number of aromatic nitrogens is 2. The van der Waals surface area contributed by atoms with E-state index >= 15 is 0 Å². The predicted molar refractivity (Wildman–Crippen MR) is 65.4 cm³/mol. The second-order valence-corrected chi connectivity index (χ2v) is 4.10. The summed E-state index contributed by atoms with van der Waals surface area (Å²) in [4.78, 5) is 26.4. The first-order valence-corrected chi connectivity index (χ1v) is 6.09. The fraction of sp³-hybridized carbons (Fsp3) is 0.636. The Morgan fingerprint density at radius 1 is 1.47 bits per heavy atom. The van der Waals surface area contributed by atoms with E-state index in [1.807, 2.05) is 6.92 Å². The molecule has 1 aromatic heterocycles. The minimum absolute atomic E-state index is 0.0623. The number of rotatable bonds is 7. The SMILES string of the molecule is CCCCC(NC(=O)NCc1nc(C)no1)C(=O)O. The van der Waals surface area contributed by atoms with Gasteiger partial charge >= 0.3 is 12.0 Å². The van der Waals surface area contributed by atoms with Gasteiger partial charge < -0.3 is 20.3 Å². The number of hydrogen-bond donors (Lipinski definition) is 3. The first-order valence-electron chi connectivity index (χ1n) is 6.09. The van der Waals surface area contributed by atoms with Crippen LogP contribution in [0.4, 0.5) is 4.79 Å². The lowest BCUT2D eigenvalue weighted by Crippen LogP contribution is -2.45. The molecule has 0 saturated carbocycles. The molecule has 0 aliphatic carbocycles. The maximum absolute atomic E-state index is 11.5. The van der Waals surface area contributed by atoms with Gasteiger partial charge in [-0.3, -0.25) is 0 Å². The summed E-state index contributed by atoms with van der Waals surface area (Å²) in [6.07, 6.45) is 2.01. The van der Waals surface area contributed by atoms with Crippen LogP contribution < -0.4 is 10.6 Å². The minimum Gasteiger partial charge on any atom is -0.480 e. The maximum Gasteiger partial charge on any atom is 0.326 e. The van der Waals surface area contributed by atoms with Crippen LogP contribution in [-0.2, 0) is 11.3 Å². The lowest BCUT2D eigenvalue weighted by atomic mass is 10.1. The van der Waals surface area contributed by atoms with Crippen LogP contribution in [0.3, 0.4) is 0 Å². The highest BCUT2D eigenvalue weighted by molar-refractivity contribution is 5.82. The van der Waals surface area contributed by atoms with Crippen molar-refractivity contribution in [3.63, 3.8) is 0 Å². The van der Waals surface area contributed by atoms with Gasteiger partial charge in [0.15, 0.2) is 5.82 Å². The van der Waals surface area contributed by atoms with Crippen molar-refractivity contribution in [2.24, 2.45) is 0 Å². The molecule has 8 heteroatoms. The Bertz CT molecular complexity index is 432. The van der Waals surface area contributed by atoms with Crippen LogP contribution >= 0.6 is 0 Å².